The largest absolute Gasteiger partial charge is 0.478 e. The first-order valence-electron chi connectivity index (χ1n) is 5.55. The number of aromatic carboxylic acids is 1. The fourth-order valence-electron chi connectivity index (χ4n) is 1.61. The van der Waals surface area contributed by atoms with Gasteiger partial charge in [-0.2, -0.15) is 0 Å². The van der Waals surface area contributed by atoms with Crippen molar-refractivity contribution < 1.29 is 27.7 Å². The lowest BCUT2D eigenvalue weighted by Crippen LogP contribution is -2.37. The van der Waals surface area contributed by atoms with Crippen LogP contribution in [0.5, 0.6) is 0 Å². The molecule has 5 nitrogen and oxygen atoms in total. The molecule has 2 atom stereocenters. The molecule has 2 unspecified atom stereocenters. The molecule has 0 aliphatic rings. The van der Waals surface area contributed by atoms with E-state index in [0.717, 1.165) is 0 Å². The minimum absolute atomic E-state index is 0.165. The van der Waals surface area contributed by atoms with Crippen molar-refractivity contribution in [1.82, 2.24) is 5.32 Å². The van der Waals surface area contributed by atoms with Gasteiger partial charge in [-0.05, 0) is 19.1 Å². The second-order valence-corrected chi connectivity index (χ2v) is 5.71. The Balaban J connectivity index is 3.06. The van der Waals surface area contributed by atoms with Crippen molar-refractivity contribution in [2.75, 3.05) is 12.0 Å². The molecule has 1 rings (SSSR count). The van der Waals surface area contributed by atoms with Gasteiger partial charge in [-0.1, -0.05) is 0 Å². The SMILES string of the molecule is CC(CS(C)=O)NC(=O)c1cc(F)c(F)cc1C(=O)O. The summed E-state index contributed by atoms with van der Waals surface area (Å²) in [6.45, 7) is 1.57. The standard InChI is InChI=1S/C12H13F2NO4S/c1-6(5-20(2)19)15-11(16)7-3-9(13)10(14)4-8(7)12(17)18/h3-4,6H,5H2,1-2H3,(H,15,16)(H,17,18). The number of benzene rings is 1. The van der Waals surface area contributed by atoms with E-state index < -0.39 is 51.5 Å². The van der Waals surface area contributed by atoms with Crippen LogP contribution in [0.1, 0.15) is 27.6 Å². The zero-order valence-electron chi connectivity index (χ0n) is 10.8. The Morgan fingerprint density at radius 1 is 1.30 bits per heavy atom. The Hall–Kier alpha value is -1.83. The van der Waals surface area contributed by atoms with Gasteiger partial charge in [0, 0.05) is 28.9 Å². The van der Waals surface area contributed by atoms with Crippen LogP contribution in [0, 0.1) is 11.6 Å². The van der Waals surface area contributed by atoms with Gasteiger partial charge in [0.05, 0.1) is 11.1 Å². The van der Waals surface area contributed by atoms with Gasteiger partial charge < -0.3 is 10.4 Å². The first kappa shape index (κ1) is 16.2. The van der Waals surface area contributed by atoms with Crippen molar-refractivity contribution in [1.29, 1.82) is 0 Å². The van der Waals surface area contributed by atoms with Gasteiger partial charge in [0.15, 0.2) is 11.6 Å². The number of carboxylic acids is 1. The van der Waals surface area contributed by atoms with Crippen LogP contribution in [-0.2, 0) is 10.8 Å². The molecule has 0 saturated heterocycles. The maximum absolute atomic E-state index is 13.1. The Morgan fingerprint density at radius 3 is 2.25 bits per heavy atom. The van der Waals surface area contributed by atoms with Crippen LogP contribution in [0.25, 0.3) is 0 Å². The lowest BCUT2D eigenvalue weighted by molar-refractivity contribution is 0.0690. The predicted molar refractivity (Wildman–Crippen MR) is 69.2 cm³/mol. The fourth-order valence-corrected chi connectivity index (χ4v) is 2.39. The summed E-state index contributed by atoms with van der Waals surface area (Å²) in [7, 11) is -1.16. The van der Waals surface area contributed by atoms with Crippen molar-refractivity contribution in [2.45, 2.75) is 13.0 Å². The Labute approximate surface area is 116 Å². The highest BCUT2D eigenvalue weighted by Gasteiger charge is 2.21. The average Bonchev–Trinajstić information content (AvgIpc) is 2.30. The molecular formula is C12H13F2NO4S. The maximum atomic E-state index is 13.1. The summed E-state index contributed by atoms with van der Waals surface area (Å²) in [5, 5.41) is 11.3. The highest BCUT2D eigenvalue weighted by atomic mass is 32.2. The lowest BCUT2D eigenvalue weighted by atomic mass is 10.1. The van der Waals surface area contributed by atoms with Crippen molar-refractivity contribution in [3.63, 3.8) is 0 Å². The normalized spacial score (nSPS) is 13.6. The van der Waals surface area contributed by atoms with E-state index in [-0.39, 0.29) is 5.75 Å². The van der Waals surface area contributed by atoms with Crippen molar-refractivity contribution >= 4 is 22.7 Å². The zero-order chi connectivity index (χ0) is 15.4. The maximum Gasteiger partial charge on any atom is 0.336 e. The first-order chi connectivity index (χ1) is 9.22. The van der Waals surface area contributed by atoms with Gasteiger partial charge in [0.1, 0.15) is 0 Å². The molecule has 1 amide bonds. The van der Waals surface area contributed by atoms with Crippen LogP contribution in [-0.4, -0.2) is 39.2 Å². The Bertz CT molecular complexity index is 577. The molecule has 0 heterocycles. The molecule has 0 saturated carbocycles. The van der Waals surface area contributed by atoms with Crippen LogP contribution in [0.3, 0.4) is 0 Å². The molecule has 2 N–H and O–H groups in total. The van der Waals surface area contributed by atoms with Crippen LogP contribution in [0.15, 0.2) is 12.1 Å². The monoisotopic (exact) mass is 305 g/mol. The molecule has 0 aliphatic carbocycles. The number of carboxylic acid groups (broad SMARTS) is 1. The van der Waals surface area contributed by atoms with Crippen LogP contribution < -0.4 is 5.32 Å². The average molecular weight is 305 g/mol. The summed E-state index contributed by atoms with van der Waals surface area (Å²) in [6, 6.07) is 0.488. The number of nitrogens with one attached hydrogen (secondary N) is 1. The van der Waals surface area contributed by atoms with Crippen LogP contribution in [0.4, 0.5) is 8.78 Å². The van der Waals surface area contributed by atoms with Gasteiger partial charge in [-0.15, -0.1) is 0 Å². The summed E-state index contributed by atoms with van der Waals surface area (Å²) in [5.74, 6) is -4.90. The topological polar surface area (TPSA) is 83.5 Å². The minimum Gasteiger partial charge on any atom is -0.478 e. The molecule has 1 aromatic carbocycles. The number of amides is 1. The smallest absolute Gasteiger partial charge is 0.336 e. The molecule has 8 heteroatoms. The third-order valence-electron chi connectivity index (χ3n) is 2.40. The zero-order valence-corrected chi connectivity index (χ0v) is 11.6. The van der Waals surface area contributed by atoms with Gasteiger partial charge in [0.25, 0.3) is 5.91 Å². The van der Waals surface area contributed by atoms with Crippen LogP contribution >= 0.6 is 0 Å². The van der Waals surface area contributed by atoms with E-state index in [4.69, 9.17) is 5.11 Å². The minimum atomic E-state index is -1.54. The fraction of sp³-hybridized carbons (Fsp3) is 0.333. The predicted octanol–water partition coefficient (Wildman–Crippen LogP) is 1.16. The first-order valence-corrected chi connectivity index (χ1v) is 7.28. The van der Waals surface area contributed by atoms with E-state index in [1.165, 1.54) is 6.26 Å². The van der Waals surface area contributed by atoms with Crippen molar-refractivity contribution in [3.8, 4) is 0 Å². The molecule has 110 valence electrons. The molecule has 0 aromatic heterocycles. The Kier molecular flexibility index (Phi) is 5.32. The van der Waals surface area contributed by atoms with Crippen LogP contribution in [0.2, 0.25) is 0 Å². The molecule has 0 spiro atoms. The Morgan fingerprint density at radius 2 is 1.80 bits per heavy atom. The van der Waals surface area contributed by atoms with E-state index >= 15 is 0 Å². The number of carbonyl (C=O) groups excluding carboxylic acids is 1. The number of hydrogen-bond donors (Lipinski definition) is 2. The molecule has 0 radical (unpaired) electrons. The van der Waals surface area contributed by atoms with Gasteiger partial charge in [0.2, 0.25) is 0 Å². The van der Waals surface area contributed by atoms with E-state index in [1.807, 2.05) is 0 Å². The summed E-state index contributed by atoms with van der Waals surface area (Å²) in [4.78, 5) is 22.8. The number of rotatable bonds is 5. The lowest BCUT2D eigenvalue weighted by Gasteiger charge is -2.13. The van der Waals surface area contributed by atoms with E-state index in [9.17, 15) is 22.6 Å². The summed E-state index contributed by atoms with van der Waals surface area (Å²) < 4.78 is 37.1. The number of halogens is 2. The van der Waals surface area contributed by atoms with E-state index in [0.29, 0.717) is 12.1 Å². The van der Waals surface area contributed by atoms with Gasteiger partial charge >= 0.3 is 5.97 Å². The van der Waals surface area contributed by atoms with E-state index in [2.05, 4.69) is 5.32 Å². The molecule has 20 heavy (non-hydrogen) atoms. The number of carbonyl (C=O) groups is 2. The molecule has 1 aromatic rings. The van der Waals surface area contributed by atoms with E-state index in [1.54, 1.807) is 6.92 Å². The third kappa shape index (κ3) is 4.09. The summed E-state index contributed by atoms with van der Waals surface area (Å²) in [6.07, 6.45) is 1.45. The van der Waals surface area contributed by atoms with Gasteiger partial charge in [-0.25, -0.2) is 13.6 Å². The summed E-state index contributed by atoms with van der Waals surface area (Å²) >= 11 is 0. The highest BCUT2D eigenvalue weighted by Crippen LogP contribution is 2.15. The highest BCUT2D eigenvalue weighted by molar-refractivity contribution is 7.84. The summed E-state index contributed by atoms with van der Waals surface area (Å²) in [5.41, 5.74) is -1.11. The van der Waals surface area contributed by atoms with Crippen molar-refractivity contribution in [3.05, 3.63) is 34.9 Å². The second kappa shape index (κ2) is 6.56. The molecule has 0 fully saturated rings. The molecular weight excluding hydrogens is 292 g/mol. The number of hydrogen-bond acceptors (Lipinski definition) is 3. The quantitative estimate of drug-likeness (QED) is 0.855. The molecule has 0 aliphatic heterocycles. The molecule has 0 bridgehead atoms. The second-order valence-electron chi connectivity index (χ2n) is 4.23. The third-order valence-corrected chi connectivity index (χ3v) is 3.37. The van der Waals surface area contributed by atoms with Crippen molar-refractivity contribution in [2.24, 2.45) is 0 Å². The van der Waals surface area contributed by atoms with Gasteiger partial charge in [-0.3, -0.25) is 9.00 Å².